The minimum Gasteiger partial charge on any atom is -0.444 e. The highest BCUT2D eigenvalue weighted by atomic mass is 32.2. The molecule has 196 valence electrons. The van der Waals surface area contributed by atoms with Crippen LogP contribution in [0.25, 0.3) is 0 Å². The Bertz CT molecular complexity index is 1290. The van der Waals surface area contributed by atoms with Crippen molar-refractivity contribution in [1.29, 1.82) is 0 Å². The summed E-state index contributed by atoms with van der Waals surface area (Å²) in [7, 11) is -3.61. The number of alkyl carbamates (subject to hydrolysis) is 1. The number of thiazole rings is 1. The highest BCUT2D eigenvalue weighted by Crippen LogP contribution is 2.38. The molecule has 1 aromatic carbocycles. The molecule has 0 spiro atoms. The number of carbonyl (C=O) groups excluding carboxylic acids is 2. The van der Waals surface area contributed by atoms with Gasteiger partial charge in [0.05, 0.1) is 12.7 Å². The monoisotopic (exact) mass is 535 g/mol. The summed E-state index contributed by atoms with van der Waals surface area (Å²) < 4.78 is 22.2. The van der Waals surface area contributed by atoms with Crippen molar-refractivity contribution in [3.05, 3.63) is 39.5 Å². The molecule has 0 radical (unpaired) electrons. The zero-order valence-corrected chi connectivity index (χ0v) is 22.6. The van der Waals surface area contributed by atoms with Gasteiger partial charge in [0.1, 0.15) is 20.4 Å². The topological polar surface area (TPSA) is 156 Å². The van der Waals surface area contributed by atoms with Gasteiger partial charge in [-0.15, -0.1) is 15.7 Å². The largest absolute Gasteiger partial charge is 0.444 e. The van der Waals surface area contributed by atoms with E-state index in [0.29, 0.717) is 0 Å². The summed E-state index contributed by atoms with van der Waals surface area (Å²) in [5, 5.41) is 22.3. The lowest BCUT2D eigenvalue weighted by molar-refractivity contribution is 0.0315. The summed E-state index contributed by atoms with van der Waals surface area (Å²) in [6.07, 6.45) is 6.38. The SMILES string of the molecule is CC(C)(C)OC(=O)NC[C@@](C)(O)c1ncc(S(N)(=O)=NC(=O)Nc2c3c(cc4c2CCC4)CCC3)s1. The van der Waals surface area contributed by atoms with Gasteiger partial charge in [-0.2, -0.15) is 0 Å². The predicted octanol–water partition coefficient (Wildman–Crippen LogP) is 3.79. The van der Waals surface area contributed by atoms with Crippen LogP contribution in [-0.2, 0) is 45.9 Å². The number of amides is 3. The Labute approximate surface area is 215 Å². The normalized spacial score (nSPS) is 17.9. The molecule has 1 unspecified atom stereocenters. The predicted molar refractivity (Wildman–Crippen MR) is 138 cm³/mol. The fourth-order valence-corrected chi connectivity index (χ4v) is 6.65. The van der Waals surface area contributed by atoms with Crippen LogP contribution in [0, 0.1) is 0 Å². The van der Waals surface area contributed by atoms with Gasteiger partial charge < -0.3 is 20.5 Å². The van der Waals surface area contributed by atoms with Crippen molar-refractivity contribution in [2.45, 2.75) is 81.6 Å². The minimum absolute atomic E-state index is 0.0497. The molecule has 4 rings (SSSR count). The number of rotatable bonds is 5. The van der Waals surface area contributed by atoms with E-state index in [0.717, 1.165) is 66.7 Å². The number of ether oxygens (including phenoxy) is 1. The van der Waals surface area contributed by atoms with Crippen LogP contribution in [0.5, 0.6) is 0 Å². The maximum absolute atomic E-state index is 13.2. The molecule has 10 nitrogen and oxygen atoms in total. The Morgan fingerprint density at radius 3 is 2.36 bits per heavy atom. The summed E-state index contributed by atoms with van der Waals surface area (Å²) in [4.78, 5) is 28.9. The summed E-state index contributed by atoms with van der Waals surface area (Å²) >= 11 is 0.873. The van der Waals surface area contributed by atoms with Gasteiger partial charge in [-0.3, -0.25) is 0 Å². The summed E-state index contributed by atoms with van der Waals surface area (Å²) in [5.74, 6) is 0. The summed E-state index contributed by atoms with van der Waals surface area (Å²) in [5.41, 5.74) is 3.32. The minimum atomic E-state index is -3.61. The second-order valence-electron chi connectivity index (χ2n) is 10.4. The van der Waals surface area contributed by atoms with Crippen LogP contribution in [0.4, 0.5) is 15.3 Å². The van der Waals surface area contributed by atoms with Crippen LogP contribution in [0.1, 0.15) is 67.8 Å². The Kier molecular flexibility index (Phi) is 7.17. The standard InChI is InChI=1S/C24H33N5O5S2/c1-23(2,3)34-22(31)27-13-24(4,32)20-26-12-18(35-20)36(25,33)29-21(30)28-19-16-9-5-7-14(16)11-15-8-6-10-17(15)19/h11-12,32H,5-10,13H2,1-4H3,(H,27,31)(H3,25,28,29,30,33)/t24-,36?/m1/s1. The Morgan fingerprint density at radius 1 is 1.17 bits per heavy atom. The highest BCUT2D eigenvalue weighted by Gasteiger charge is 2.30. The van der Waals surface area contributed by atoms with Crippen LogP contribution < -0.4 is 15.8 Å². The molecule has 3 amide bonds. The van der Waals surface area contributed by atoms with Crippen molar-refractivity contribution in [3.63, 3.8) is 0 Å². The first-order valence-electron chi connectivity index (χ1n) is 11.9. The van der Waals surface area contributed by atoms with E-state index in [9.17, 15) is 18.9 Å². The third-order valence-corrected chi connectivity index (χ3v) is 9.26. The number of nitrogens with zero attached hydrogens (tertiary/aromatic N) is 2. The maximum atomic E-state index is 13.2. The van der Waals surface area contributed by atoms with Gasteiger partial charge in [0.25, 0.3) is 0 Å². The molecule has 2 atom stereocenters. The number of hydrogen-bond donors (Lipinski definition) is 4. The molecule has 2 aromatic rings. The molecule has 1 heterocycles. The van der Waals surface area contributed by atoms with E-state index >= 15 is 0 Å². The zero-order chi connectivity index (χ0) is 26.3. The van der Waals surface area contributed by atoms with Crippen molar-refractivity contribution in [1.82, 2.24) is 10.3 Å². The Hall–Kier alpha value is -2.54. The van der Waals surface area contributed by atoms with E-state index in [1.807, 2.05) is 0 Å². The van der Waals surface area contributed by atoms with Crippen molar-refractivity contribution in [3.8, 4) is 0 Å². The average molecular weight is 536 g/mol. The van der Waals surface area contributed by atoms with Crippen LogP contribution in [0.15, 0.2) is 20.8 Å². The van der Waals surface area contributed by atoms with Gasteiger partial charge in [-0.1, -0.05) is 6.07 Å². The zero-order valence-electron chi connectivity index (χ0n) is 21.0. The van der Waals surface area contributed by atoms with E-state index < -0.39 is 33.2 Å². The number of aryl methyl sites for hydroxylation is 2. The third kappa shape index (κ3) is 5.88. The number of hydrogen-bond acceptors (Lipinski definition) is 7. The molecule has 0 aliphatic heterocycles. The second-order valence-corrected chi connectivity index (χ2v) is 13.5. The lowest BCUT2D eigenvalue weighted by Crippen LogP contribution is -2.41. The number of carbonyl (C=O) groups is 2. The molecular formula is C24H33N5O5S2. The lowest BCUT2D eigenvalue weighted by Gasteiger charge is -2.24. The van der Waals surface area contributed by atoms with Crippen LogP contribution in [0.2, 0.25) is 0 Å². The first-order valence-corrected chi connectivity index (χ1v) is 14.3. The lowest BCUT2D eigenvalue weighted by atomic mass is 9.99. The molecule has 1 aromatic heterocycles. The molecule has 0 saturated heterocycles. The van der Waals surface area contributed by atoms with Gasteiger partial charge in [0.2, 0.25) is 0 Å². The number of aromatic nitrogens is 1. The van der Waals surface area contributed by atoms with Crippen LogP contribution in [-0.4, -0.2) is 38.6 Å². The number of nitrogens with one attached hydrogen (secondary N) is 2. The fourth-order valence-electron chi connectivity index (χ4n) is 4.54. The molecular weight excluding hydrogens is 502 g/mol. The molecule has 12 heteroatoms. The molecule has 0 saturated carbocycles. The van der Waals surface area contributed by atoms with Gasteiger partial charge in [-0.25, -0.2) is 23.9 Å². The van der Waals surface area contributed by atoms with Crippen molar-refractivity contribution in [2.75, 3.05) is 11.9 Å². The van der Waals surface area contributed by atoms with Crippen molar-refractivity contribution in [2.24, 2.45) is 9.50 Å². The van der Waals surface area contributed by atoms with Crippen molar-refractivity contribution >= 4 is 39.1 Å². The number of aliphatic hydroxyl groups is 1. The summed E-state index contributed by atoms with van der Waals surface area (Å²) in [6, 6.07) is 1.48. The van der Waals surface area contributed by atoms with Crippen LogP contribution >= 0.6 is 11.3 Å². The number of anilines is 1. The number of fused-ring (bicyclic) bond motifs is 2. The van der Waals surface area contributed by atoms with E-state index in [-0.39, 0.29) is 15.8 Å². The van der Waals surface area contributed by atoms with Gasteiger partial charge in [0.15, 0.2) is 9.92 Å². The Morgan fingerprint density at radius 2 is 1.78 bits per heavy atom. The molecule has 2 aliphatic carbocycles. The number of benzene rings is 1. The van der Waals surface area contributed by atoms with Gasteiger partial charge >= 0.3 is 12.1 Å². The average Bonchev–Trinajstić information content (AvgIpc) is 3.50. The first kappa shape index (κ1) is 26.5. The van der Waals surface area contributed by atoms with E-state index in [2.05, 4.69) is 26.0 Å². The highest BCUT2D eigenvalue weighted by molar-refractivity contribution is 7.93. The third-order valence-electron chi connectivity index (χ3n) is 6.13. The van der Waals surface area contributed by atoms with E-state index in [4.69, 9.17) is 9.88 Å². The van der Waals surface area contributed by atoms with Gasteiger partial charge in [-0.05, 0) is 88.5 Å². The molecule has 0 bridgehead atoms. The van der Waals surface area contributed by atoms with Gasteiger partial charge in [0, 0.05) is 5.69 Å². The van der Waals surface area contributed by atoms with E-state index in [1.165, 1.54) is 24.2 Å². The second kappa shape index (κ2) is 9.73. The summed E-state index contributed by atoms with van der Waals surface area (Å²) in [6.45, 7) is 6.45. The molecule has 2 aliphatic rings. The van der Waals surface area contributed by atoms with Crippen molar-refractivity contribution < 1.29 is 23.6 Å². The Balaban J connectivity index is 1.49. The van der Waals surface area contributed by atoms with Crippen LogP contribution in [0.3, 0.4) is 0 Å². The maximum Gasteiger partial charge on any atom is 0.407 e. The fraction of sp³-hybridized carbons (Fsp3) is 0.542. The quantitative estimate of drug-likeness (QED) is 0.456. The molecule has 0 fully saturated rings. The van der Waals surface area contributed by atoms with E-state index in [1.54, 1.807) is 20.8 Å². The number of urea groups is 1. The smallest absolute Gasteiger partial charge is 0.407 e. The molecule has 5 N–H and O–H groups in total. The first-order chi connectivity index (χ1) is 16.7. The number of nitrogens with two attached hydrogens (primary N) is 1. The molecule has 36 heavy (non-hydrogen) atoms.